The van der Waals surface area contributed by atoms with Crippen molar-refractivity contribution in [2.45, 2.75) is 30.1 Å². The van der Waals surface area contributed by atoms with Crippen molar-refractivity contribution in [2.24, 2.45) is 0 Å². The molecular formula is C23H22F3N3S. The Labute approximate surface area is 178 Å². The molecule has 1 aromatic heterocycles. The van der Waals surface area contributed by atoms with Crippen LogP contribution in [0.25, 0.3) is 11.1 Å². The molecule has 156 valence electrons. The maximum atomic E-state index is 12.8. The number of hydrogen-bond donors (Lipinski definition) is 1. The zero-order chi connectivity index (χ0) is 21.0. The third-order valence-electron chi connectivity index (χ3n) is 5.15. The Kier molecular flexibility index (Phi) is 6.41. The van der Waals surface area contributed by atoms with Crippen LogP contribution in [0.4, 0.5) is 13.2 Å². The molecule has 4 rings (SSSR count). The Morgan fingerprint density at radius 1 is 1.00 bits per heavy atom. The molecule has 1 atom stereocenters. The van der Waals surface area contributed by atoms with Gasteiger partial charge in [0.15, 0.2) is 0 Å². The molecule has 1 fully saturated rings. The SMILES string of the molecule is FC(F)(F)c1cccc(SNC2CCN(Cc3ccc(-c4ccncc4)cc3)C2)c1. The quantitative estimate of drug-likeness (QED) is 0.514. The summed E-state index contributed by atoms with van der Waals surface area (Å²) in [5.74, 6) is 0. The lowest BCUT2D eigenvalue weighted by Crippen LogP contribution is -2.28. The lowest BCUT2D eigenvalue weighted by Gasteiger charge is -2.17. The standard InChI is InChI=1S/C23H22F3N3S/c24-23(25,26)20-2-1-3-22(14-20)30-28-21-10-13-29(16-21)15-17-4-6-18(7-5-17)19-8-11-27-12-9-19/h1-9,11-12,14,21,28H,10,13,15-16H2. The van der Waals surface area contributed by atoms with E-state index in [0.29, 0.717) is 4.90 Å². The minimum absolute atomic E-state index is 0.251. The summed E-state index contributed by atoms with van der Waals surface area (Å²) in [4.78, 5) is 6.99. The highest BCUT2D eigenvalue weighted by Gasteiger charge is 2.30. The molecule has 0 spiro atoms. The van der Waals surface area contributed by atoms with Gasteiger partial charge in [-0.05, 0) is 65.4 Å². The molecule has 0 aliphatic carbocycles. The minimum atomic E-state index is -4.31. The average Bonchev–Trinajstić information content (AvgIpc) is 3.20. The molecule has 0 saturated carbocycles. The Morgan fingerprint density at radius 2 is 1.73 bits per heavy atom. The van der Waals surface area contributed by atoms with Gasteiger partial charge in [0.2, 0.25) is 0 Å². The van der Waals surface area contributed by atoms with Gasteiger partial charge in [-0.15, -0.1) is 0 Å². The van der Waals surface area contributed by atoms with Crippen LogP contribution in [0.3, 0.4) is 0 Å². The number of alkyl halides is 3. The number of halogens is 3. The van der Waals surface area contributed by atoms with Crippen molar-refractivity contribution in [2.75, 3.05) is 13.1 Å². The summed E-state index contributed by atoms with van der Waals surface area (Å²) in [7, 11) is 0. The number of pyridine rings is 1. The van der Waals surface area contributed by atoms with Gasteiger partial charge < -0.3 is 0 Å². The third kappa shape index (κ3) is 5.41. The van der Waals surface area contributed by atoms with Gasteiger partial charge in [-0.3, -0.25) is 14.6 Å². The number of hydrogen-bond acceptors (Lipinski definition) is 4. The first-order valence-electron chi connectivity index (χ1n) is 9.79. The van der Waals surface area contributed by atoms with Crippen LogP contribution in [-0.2, 0) is 12.7 Å². The summed E-state index contributed by atoms with van der Waals surface area (Å²) in [6.45, 7) is 2.70. The van der Waals surface area contributed by atoms with Crippen molar-refractivity contribution in [1.29, 1.82) is 0 Å². The summed E-state index contributed by atoms with van der Waals surface area (Å²) in [5.41, 5.74) is 2.95. The number of nitrogens with one attached hydrogen (secondary N) is 1. The van der Waals surface area contributed by atoms with E-state index in [1.807, 2.05) is 12.1 Å². The lowest BCUT2D eigenvalue weighted by atomic mass is 10.1. The van der Waals surface area contributed by atoms with Gasteiger partial charge in [0.25, 0.3) is 0 Å². The van der Waals surface area contributed by atoms with Crippen molar-refractivity contribution in [1.82, 2.24) is 14.6 Å². The molecule has 30 heavy (non-hydrogen) atoms. The summed E-state index contributed by atoms with van der Waals surface area (Å²) in [5, 5.41) is 0. The monoisotopic (exact) mass is 429 g/mol. The van der Waals surface area contributed by atoms with E-state index in [1.165, 1.54) is 35.2 Å². The second-order valence-corrected chi connectivity index (χ2v) is 8.31. The molecular weight excluding hydrogens is 407 g/mol. The van der Waals surface area contributed by atoms with Crippen LogP contribution in [0.15, 0.2) is 78.0 Å². The fourth-order valence-electron chi connectivity index (χ4n) is 3.56. The second kappa shape index (κ2) is 9.20. The molecule has 2 heterocycles. The van der Waals surface area contributed by atoms with Crippen molar-refractivity contribution >= 4 is 11.9 Å². The highest BCUT2D eigenvalue weighted by molar-refractivity contribution is 7.97. The summed E-state index contributed by atoms with van der Waals surface area (Å²) in [6, 6.07) is 18.2. The van der Waals surface area contributed by atoms with Crippen molar-refractivity contribution in [3.8, 4) is 11.1 Å². The Hall–Kier alpha value is -2.35. The molecule has 1 aliphatic heterocycles. The van der Waals surface area contributed by atoms with Crippen LogP contribution < -0.4 is 4.72 Å². The predicted octanol–water partition coefficient (Wildman–Crippen LogP) is 5.64. The van der Waals surface area contributed by atoms with Crippen LogP contribution in [0.5, 0.6) is 0 Å². The van der Waals surface area contributed by atoms with Crippen molar-refractivity contribution in [3.05, 3.63) is 84.2 Å². The van der Waals surface area contributed by atoms with Crippen molar-refractivity contribution < 1.29 is 13.2 Å². The maximum Gasteiger partial charge on any atom is 0.416 e. The molecule has 3 nitrogen and oxygen atoms in total. The first-order valence-corrected chi connectivity index (χ1v) is 10.6. The van der Waals surface area contributed by atoms with Gasteiger partial charge in [-0.1, -0.05) is 30.3 Å². The van der Waals surface area contributed by atoms with E-state index >= 15 is 0 Å². The Bertz CT molecular complexity index is 961. The molecule has 1 saturated heterocycles. The molecule has 3 aromatic rings. The molecule has 1 aliphatic rings. The average molecular weight is 430 g/mol. The number of benzene rings is 2. The van der Waals surface area contributed by atoms with Gasteiger partial charge in [0.05, 0.1) is 5.56 Å². The molecule has 1 unspecified atom stereocenters. The summed E-state index contributed by atoms with van der Waals surface area (Å²) >= 11 is 1.27. The van der Waals surface area contributed by atoms with Crippen LogP contribution in [-0.4, -0.2) is 29.0 Å². The van der Waals surface area contributed by atoms with Crippen LogP contribution in [0.2, 0.25) is 0 Å². The van der Waals surface area contributed by atoms with Gasteiger partial charge in [0.1, 0.15) is 0 Å². The largest absolute Gasteiger partial charge is 0.416 e. The molecule has 0 bridgehead atoms. The third-order valence-corrected chi connectivity index (χ3v) is 6.09. The Balaban J connectivity index is 1.28. The predicted molar refractivity (Wildman–Crippen MR) is 114 cm³/mol. The molecule has 0 amide bonds. The molecule has 1 N–H and O–H groups in total. The van der Waals surface area contributed by atoms with Gasteiger partial charge in [-0.2, -0.15) is 13.2 Å². The Morgan fingerprint density at radius 3 is 2.47 bits per heavy atom. The van der Waals surface area contributed by atoms with E-state index in [-0.39, 0.29) is 6.04 Å². The van der Waals surface area contributed by atoms with E-state index in [4.69, 9.17) is 0 Å². The molecule has 7 heteroatoms. The topological polar surface area (TPSA) is 28.2 Å². The van der Waals surface area contributed by atoms with Gasteiger partial charge >= 0.3 is 6.18 Å². The summed E-state index contributed by atoms with van der Waals surface area (Å²) in [6.07, 6.45) is 0.241. The van der Waals surface area contributed by atoms with Gasteiger partial charge in [-0.25, -0.2) is 0 Å². The molecule has 2 aromatic carbocycles. The number of aromatic nitrogens is 1. The minimum Gasteiger partial charge on any atom is -0.297 e. The van der Waals surface area contributed by atoms with Gasteiger partial charge in [0, 0.05) is 43.0 Å². The van der Waals surface area contributed by atoms with Crippen LogP contribution >= 0.6 is 11.9 Å². The van der Waals surface area contributed by atoms with E-state index in [2.05, 4.69) is 38.9 Å². The van der Waals surface area contributed by atoms with Crippen LogP contribution in [0.1, 0.15) is 17.5 Å². The normalized spacial score (nSPS) is 17.4. The highest BCUT2D eigenvalue weighted by atomic mass is 32.2. The second-order valence-electron chi connectivity index (χ2n) is 7.40. The fraction of sp³-hybridized carbons (Fsp3) is 0.261. The first-order chi connectivity index (χ1) is 14.5. The smallest absolute Gasteiger partial charge is 0.297 e. The number of nitrogens with zero attached hydrogens (tertiary/aromatic N) is 2. The lowest BCUT2D eigenvalue weighted by molar-refractivity contribution is -0.137. The van der Waals surface area contributed by atoms with E-state index in [1.54, 1.807) is 18.5 Å². The van der Waals surface area contributed by atoms with E-state index < -0.39 is 11.7 Å². The number of rotatable bonds is 6. The van der Waals surface area contributed by atoms with Crippen LogP contribution in [0, 0.1) is 0 Å². The zero-order valence-electron chi connectivity index (χ0n) is 16.3. The zero-order valence-corrected chi connectivity index (χ0v) is 17.1. The molecule has 0 radical (unpaired) electrons. The summed E-state index contributed by atoms with van der Waals surface area (Å²) < 4.78 is 41.9. The van der Waals surface area contributed by atoms with E-state index in [0.717, 1.165) is 37.7 Å². The highest BCUT2D eigenvalue weighted by Crippen LogP contribution is 2.31. The van der Waals surface area contributed by atoms with E-state index in [9.17, 15) is 13.2 Å². The maximum absolute atomic E-state index is 12.8. The fourth-order valence-corrected chi connectivity index (χ4v) is 4.39. The van der Waals surface area contributed by atoms with Crippen molar-refractivity contribution in [3.63, 3.8) is 0 Å². The first kappa shape index (κ1) is 20.9. The number of likely N-dealkylation sites (tertiary alicyclic amines) is 1.